The standard InChI is InChI=1S/C14H18N2O2/c17-14-12(3-1-2-7-15-14)16-11-4-5-13-10(9-11)6-8-18-13/h4-5,9,12,16H,1-3,6-8H2,(H,15,17)/t12-/m1/s1. The highest BCUT2D eigenvalue weighted by Crippen LogP contribution is 2.28. The first-order chi connectivity index (χ1) is 8.83. The van der Waals surface area contributed by atoms with Crippen molar-refractivity contribution in [2.45, 2.75) is 31.7 Å². The molecular weight excluding hydrogens is 228 g/mol. The van der Waals surface area contributed by atoms with E-state index in [9.17, 15) is 4.79 Å². The Morgan fingerprint density at radius 3 is 3.22 bits per heavy atom. The molecule has 1 aromatic carbocycles. The van der Waals surface area contributed by atoms with Crippen molar-refractivity contribution in [2.24, 2.45) is 0 Å². The van der Waals surface area contributed by atoms with Crippen LogP contribution in [0.1, 0.15) is 24.8 Å². The van der Waals surface area contributed by atoms with Crippen molar-refractivity contribution in [1.29, 1.82) is 0 Å². The van der Waals surface area contributed by atoms with E-state index < -0.39 is 0 Å². The van der Waals surface area contributed by atoms with Crippen LogP contribution in [-0.2, 0) is 11.2 Å². The third-order valence-electron chi connectivity index (χ3n) is 3.57. The van der Waals surface area contributed by atoms with E-state index in [4.69, 9.17) is 4.74 Å². The minimum atomic E-state index is -0.104. The van der Waals surface area contributed by atoms with Crippen molar-refractivity contribution in [3.05, 3.63) is 23.8 Å². The number of nitrogens with one attached hydrogen (secondary N) is 2. The predicted molar refractivity (Wildman–Crippen MR) is 69.9 cm³/mol. The molecule has 0 aromatic heterocycles. The number of hydrogen-bond donors (Lipinski definition) is 2. The van der Waals surface area contributed by atoms with Gasteiger partial charge in [-0.15, -0.1) is 0 Å². The highest BCUT2D eigenvalue weighted by Gasteiger charge is 2.21. The molecule has 4 nitrogen and oxygen atoms in total. The number of fused-ring (bicyclic) bond motifs is 1. The van der Waals surface area contributed by atoms with E-state index in [0.29, 0.717) is 0 Å². The van der Waals surface area contributed by atoms with Crippen molar-refractivity contribution in [2.75, 3.05) is 18.5 Å². The molecule has 2 aliphatic heterocycles. The van der Waals surface area contributed by atoms with Gasteiger partial charge in [-0.1, -0.05) is 0 Å². The maximum absolute atomic E-state index is 11.9. The molecule has 1 saturated heterocycles. The van der Waals surface area contributed by atoms with Crippen molar-refractivity contribution in [3.8, 4) is 5.75 Å². The number of amides is 1. The maximum atomic E-state index is 11.9. The van der Waals surface area contributed by atoms with Crippen LogP contribution in [0.5, 0.6) is 5.75 Å². The second-order valence-electron chi connectivity index (χ2n) is 4.90. The first-order valence-corrected chi connectivity index (χ1v) is 6.63. The molecule has 0 aliphatic carbocycles. The number of hydrogen-bond acceptors (Lipinski definition) is 3. The highest BCUT2D eigenvalue weighted by molar-refractivity contribution is 5.84. The Labute approximate surface area is 107 Å². The molecule has 2 heterocycles. The third kappa shape index (κ3) is 2.28. The third-order valence-corrected chi connectivity index (χ3v) is 3.57. The van der Waals surface area contributed by atoms with Gasteiger partial charge in [0.25, 0.3) is 0 Å². The summed E-state index contributed by atoms with van der Waals surface area (Å²) in [4.78, 5) is 11.9. The minimum Gasteiger partial charge on any atom is -0.493 e. The number of carbonyl (C=O) groups is 1. The van der Waals surface area contributed by atoms with Gasteiger partial charge in [-0.2, -0.15) is 0 Å². The van der Waals surface area contributed by atoms with Gasteiger partial charge < -0.3 is 15.4 Å². The Hall–Kier alpha value is -1.71. The van der Waals surface area contributed by atoms with Crippen LogP contribution < -0.4 is 15.4 Å². The Balaban J connectivity index is 1.73. The molecule has 18 heavy (non-hydrogen) atoms. The number of ether oxygens (including phenoxy) is 1. The highest BCUT2D eigenvalue weighted by atomic mass is 16.5. The normalized spacial score (nSPS) is 22.7. The first kappa shape index (κ1) is 11.4. The molecule has 3 rings (SSSR count). The van der Waals surface area contributed by atoms with Crippen LogP contribution in [-0.4, -0.2) is 25.1 Å². The number of anilines is 1. The summed E-state index contributed by atoms with van der Waals surface area (Å²) in [5.41, 5.74) is 2.25. The fourth-order valence-electron chi connectivity index (χ4n) is 2.55. The topological polar surface area (TPSA) is 50.4 Å². The lowest BCUT2D eigenvalue weighted by molar-refractivity contribution is -0.121. The number of benzene rings is 1. The van der Waals surface area contributed by atoms with Crippen LogP contribution in [0.15, 0.2) is 18.2 Å². The lowest BCUT2D eigenvalue weighted by Gasteiger charge is -2.17. The molecular formula is C14H18N2O2. The number of carbonyl (C=O) groups excluding carboxylic acids is 1. The SMILES string of the molecule is O=C1NCCCC[C@H]1Nc1ccc2c(c1)CCO2. The van der Waals surface area contributed by atoms with Crippen LogP contribution in [0, 0.1) is 0 Å². The summed E-state index contributed by atoms with van der Waals surface area (Å²) in [6.45, 7) is 1.57. The van der Waals surface area contributed by atoms with E-state index in [1.54, 1.807) is 0 Å². The van der Waals surface area contributed by atoms with Gasteiger partial charge in [0, 0.05) is 18.7 Å². The number of rotatable bonds is 2. The smallest absolute Gasteiger partial charge is 0.242 e. The summed E-state index contributed by atoms with van der Waals surface area (Å²) in [5, 5.41) is 6.27. The largest absolute Gasteiger partial charge is 0.493 e. The zero-order valence-electron chi connectivity index (χ0n) is 10.4. The fourth-order valence-corrected chi connectivity index (χ4v) is 2.55. The molecule has 1 amide bonds. The molecule has 0 bridgehead atoms. The fraction of sp³-hybridized carbons (Fsp3) is 0.500. The summed E-state index contributed by atoms with van der Waals surface area (Å²) in [6, 6.07) is 5.97. The molecule has 1 atom stereocenters. The van der Waals surface area contributed by atoms with Crippen molar-refractivity contribution in [3.63, 3.8) is 0 Å². The monoisotopic (exact) mass is 246 g/mol. The van der Waals surface area contributed by atoms with E-state index >= 15 is 0 Å². The first-order valence-electron chi connectivity index (χ1n) is 6.63. The molecule has 0 saturated carbocycles. The Morgan fingerprint density at radius 1 is 1.33 bits per heavy atom. The average molecular weight is 246 g/mol. The van der Waals surface area contributed by atoms with Crippen LogP contribution in [0.3, 0.4) is 0 Å². The molecule has 96 valence electrons. The molecule has 1 aromatic rings. The lowest BCUT2D eigenvalue weighted by Crippen LogP contribution is -2.37. The molecule has 4 heteroatoms. The van der Waals surface area contributed by atoms with Crippen molar-refractivity contribution < 1.29 is 9.53 Å². The van der Waals surface area contributed by atoms with E-state index in [-0.39, 0.29) is 11.9 Å². The van der Waals surface area contributed by atoms with Crippen LogP contribution in [0.2, 0.25) is 0 Å². The van der Waals surface area contributed by atoms with Gasteiger partial charge in [0.05, 0.1) is 6.61 Å². The van der Waals surface area contributed by atoms with Crippen molar-refractivity contribution >= 4 is 11.6 Å². The van der Waals surface area contributed by atoms with E-state index in [0.717, 1.165) is 50.3 Å². The average Bonchev–Trinajstić information content (AvgIpc) is 2.75. The summed E-state index contributed by atoms with van der Waals surface area (Å²) >= 11 is 0. The summed E-state index contributed by atoms with van der Waals surface area (Å²) in [7, 11) is 0. The van der Waals surface area contributed by atoms with Gasteiger partial charge in [-0.3, -0.25) is 4.79 Å². The Morgan fingerprint density at radius 2 is 2.28 bits per heavy atom. The predicted octanol–water partition coefficient (Wildman–Crippen LogP) is 1.70. The Kier molecular flexibility index (Phi) is 3.09. The second kappa shape index (κ2) is 4.88. The minimum absolute atomic E-state index is 0.104. The van der Waals surface area contributed by atoms with Crippen molar-refractivity contribution in [1.82, 2.24) is 5.32 Å². The van der Waals surface area contributed by atoms with Gasteiger partial charge in [-0.05, 0) is 43.0 Å². The summed E-state index contributed by atoms with van der Waals surface area (Å²) in [6.07, 6.45) is 4.02. The Bertz CT molecular complexity index is 459. The van der Waals surface area contributed by atoms with Crippen LogP contribution in [0.25, 0.3) is 0 Å². The summed E-state index contributed by atoms with van der Waals surface area (Å²) < 4.78 is 5.48. The summed E-state index contributed by atoms with van der Waals surface area (Å²) in [5.74, 6) is 1.09. The van der Waals surface area contributed by atoms with Gasteiger partial charge in [0.1, 0.15) is 11.8 Å². The molecule has 2 N–H and O–H groups in total. The van der Waals surface area contributed by atoms with Gasteiger partial charge in [0.2, 0.25) is 5.91 Å². The van der Waals surface area contributed by atoms with E-state index in [1.807, 2.05) is 12.1 Å². The van der Waals surface area contributed by atoms with E-state index in [2.05, 4.69) is 16.7 Å². The van der Waals surface area contributed by atoms with Gasteiger partial charge >= 0.3 is 0 Å². The van der Waals surface area contributed by atoms with Gasteiger partial charge in [0.15, 0.2) is 0 Å². The molecule has 0 unspecified atom stereocenters. The molecule has 0 spiro atoms. The lowest BCUT2D eigenvalue weighted by atomic mass is 10.1. The van der Waals surface area contributed by atoms with Gasteiger partial charge in [-0.25, -0.2) is 0 Å². The molecule has 2 aliphatic rings. The maximum Gasteiger partial charge on any atom is 0.242 e. The molecule has 0 radical (unpaired) electrons. The van der Waals surface area contributed by atoms with Crippen LogP contribution in [0.4, 0.5) is 5.69 Å². The van der Waals surface area contributed by atoms with Crippen LogP contribution >= 0.6 is 0 Å². The molecule has 1 fully saturated rings. The van der Waals surface area contributed by atoms with E-state index in [1.165, 1.54) is 5.56 Å². The quantitative estimate of drug-likeness (QED) is 0.835. The zero-order chi connectivity index (χ0) is 12.4. The zero-order valence-corrected chi connectivity index (χ0v) is 10.4. The second-order valence-corrected chi connectivity index (χ2v) is 4.90.